The van der Waals surface area contributed by atoms with Crippen molar-refractivity contribution in [2.45, 2.75) is 13.0 Å². The standard InChI is InChI=1S/C25H24FN3O4/c1-18-15-28(13-14-32-18)23(30)17-33-24(31)12-9-20-16-29(22-5-3-2-4-6-22)27-25(20)19-7-10-21(26)11-8-19/h2-12,16,18H,13-15,17H2,1H3/b12-9+. The first kappa shape index (κ1) is 22.4. The number of hydrogen-bond acceptors (Lipinski definition) is 5. The average molecular weight is 449 g/mol. The highest BCUT2D eigenvalue weighted by Gasteiger charge is 2.22. The third-order valence-electron chi connectivity index (χ3n) is 5.21. The number of nitrogens with zero attached hydrogens (tertiary/aromatic N) is 3. The second-order valence-electron chi connectivity index (χ2n) is 7.68. The molecule has 1 saturated heterocycles. The predicted molar refractivity (Wildman–Crippen MR) is 121 cm³/mol. The molecule has 1 aliphatic heterocycles. The van der Waals surface area contributed by atoms with Gasteiger partial charge in [0, 0.05) is 36.5 Å². The summed E-state index contributed by atoms with van der Waals surface area (Å²) in [6.07, 6.45) is 4.57. The molecule has 1 amide bonds. The fourth-order valence-corrected chi connectivity index (χ4v) is 3.53. The number of morpholine rings is 1. The fraction of sp³-hybridized carbons (Fsp3) is 0.240. The van der Waals surface area contributed by atoms with E-state index in [9.17, 15) is 14.0 Å². The Morgan fingerprint density at radius 3 is 2.67 bits per heavy atom. The summed E-state index contributed by atoms with van der Waals surface area (Å²) >= 11 is 0. The summed E-state index contributed by atoms with van der Waals surface area (Å²) < 4.78 is 25.6. The molecule has 33 heavy (non-hydrogen) atoms. The Balaban J connectivity index is 1.48. The number of para-hydroxylation sites is 1. The molecule has 0 bridgehead atoms. The van der Waals surface area contributed by atoms with Crippen LogP contribution in [0, 0.1) is 5.82 Å². The summed E-state index contributed by atoms with van der Waals surface area (Å²) in [6.45, 7) is 2.99. The highest BCUT2D eigenvalue weighted by atomic mass is 19.1. The summed E-state index contributed by atoms with van der Waals surface area (Å²) in [7, 11) is 0. The van der Waals surface area contributed by atoms with Gasteiger partial charge >= 0.3 is 5.97 Å². The van der Waals surface area contributed by atoms with E-state index in [1.807, 2.05) is 37.3 Å². The SMILES string of the molecule is CC1CN(C(=O)COC(=O)/C=C/c2cn(-c3ccccc3)nc2-c2ccc(F)cc2)CCO1. The number of ether oxygens (including phenoxy) is 2. The zero-order valence-corrected chi connectivity index (χ0v) is 18.2. The van der Waals surface area contributed by atoms with Crippen molar-refractivity contribution >= 4 is 18.0 Å². The van der Waals surface area contributed by atoms with Crippen LogP contribution in [-0.2, 0) is 19.1 Å². The lowest BCUT2D eigenvalue weighted by molar-refractivity contribution is -0.151. The normalized spacial score (nSPS) is 16.2. The van der Waals surface area contributed by atoms with Gasteiger partial charge in [0.2, 0.25) is 0 Å². The van der Waals surface area contributed by atoms with E-state index >= 15 is 0 Å². The van der Waals surface area contributed by atoms with Gasteiger partial charge in [0.25, 0.3) is 5.91 Å². The molecule has 0 N–H and O–H groups in total. The summed E-state index contributed by atoms with van der Waals surface area (Å²) in [6, 6.07) is 15.5. The monoisotopic (exact) mass is 449 g/mol. The van der Waals surface area contributed by atoms with E-state index in [0.29, 0.717) is 36.5 Å². The molecule has 2 aromatic carbocycles. The van der Waals surface area contributed by atoms with Gasteiger partial charge in [-0.2, -0.15) is 5.10 Å². The summed E-state index contributed by atoms with van der Waals surface area (Å²) in [5.41, 5.74) is 2.78. The largest absolute Gasteiger partial charge is 0.452 e. The Morgan fingerprint density at radius 2 is 1.94 bits per heavy atom. The zero-order valence-electron chi connectivity index (χ0n) is 18.2. The lowest BCUT2D eigenvalue weighted by atomic mass is 10.1. The van der Waals surface area contributed by atoms with Crippen LogP contribution in [0.1, 0.15) is 12.5 Å². The van der Waals surface area contributed by atoms with Crippen LogP contribution in [0.2, 0.25) is 0 Å². The maximum absolute atomic E-state index is 13.4. The van der Waals surface area contributed by atoms with Gasteiger partial charge in [0.05, 0.1) is 24.1 Å². The van der Waals surface area contributed by atoms with Gasteiger partial charge in [-0.25, -0.2) is 13.9 Å². The quantitative estimate of drug-likeness (QED) is 0.426. The molecular formula is C25H24FN3O4. The predicted octanol–water partition coefficient (Wildman–Crippen LogP) is 3.48. The molecule has 4 rings (SSSR count). The maximum atomic E-state index is 13.4. The first-order chi connectivity index (χ1) is 16.0. The molecule has 1 unspecified atom stereocenters. The number of hydrogen-bond donors (Lipinski definition) is 0. The molecule has 1 aliphatic rings. The minimum atomic E-state index is -0.637. The second kappa shape index (κ2) is 10.2. The minimum Gasteiger partial charge on any atom is -0.452 e. The van der Waals surface area contributed by atoms with Crippen molar-refractivity contribution in [3.05, 3.63) is 78.3 Å². The second-order valence-corrected chi connectivity index (χ2v) is 7.68. The van der Waals surface area contributed by atoms with Crippen molar-refractivity contribution in [2.24, 2.45) is 0 Å². The molecular weight excluding hydrogens is 425 g/mol. The smallest absolute Gasteiger partial charge is 0.331 e. The van der Waals surface area contributed by atoms with Crippen LogP contribution >= 0.6 is 0 Å². The van der Waals surface area contributed by atoms with E-state index < -0.39 is 5.97 Å². The van der Waals surface area contributed by atoms with Gasteiger partial charge in [-0.1, -0.05) is 18.2 Å². The molecule has 7 nitrogen and oxygen atoms in total. The van der Waals surface area contributed by atoms with Crippen molar-refractivity contribution in [1.82, 2.24) is 14.7 Å². The molecule has 0 saturated carbocycles. The van der Waals surface area contributed by atoms with Crippen LogP contribution in [0.4, 0.5) is 4.39 Å². The van der Waals surface area contributed by atoms with E-state index in [4.69, 9.17) is 9.47 Å². The molecule has 3 aromatic rings. The third kappa shape index (κ3) is 5.72. The van der Waals surface area contributed by atoms with Gasteiger partial charge in [-0.05, 0) is 49.4 Å². The van der Waals surface area contributed by atoms with E-state index in [1.165, 1.54) is 18.2 Å². The van der Waals surface area contributed by atoms with E-state index in [1.54, 1.807) is 34.0 Å². The summed E-state index contributed by atoms with van der Waals surface area (Å²) in [5, 5.41) is 4.62. The van der Waals surface area contributed by atoms with Crippen molar-refractivity contribution < 1.29 is 23.5 Å². The first-order valence-corrected chi connectivity index (χ1v) is 10.6. The molecule has 2 heterocycles. The van der Waals surface area contributed by atoms with Gasteiger partial charge in [0.1, 0.15) is 5.82 Å². The number of carbonyl (C=O) groups is 2. The zero-order chi connectivity index (χ0) is 23.2. The van der Waals surface area contributed by atoms with Crippen molar-refractivity contribution in [3.63, 3.8) is 0 Å². The Hall–Kier alpha value is -3.78. The topological polar surface area (TPSA) is 73.7 Å². The number of benzene rings is 2. The number of esters is 1. The fourth-order valence-electron chi connectivity index (χ4n) is 3.53. The molecule has 0 radical (unpaired) electrons. The Bertz CT molecular complexity index is 1140. The van der Waals surface area contributed by atoms with Crippen molar-refractivity contribution in [3.8, 4) is 16.9 Å². The summed E-state index contributed by atoms with van der Waals surface area (Å²) in [4.78, 5) is 26.2. The molecule has 1 fully saturated rings. The maximum Gasteiger partial charge on any atom is 0.331 e. The molecule has 1 aromatic heterocycles. The molecule has 0 spiro atoms. The van der Waals surface area contributed by atoms with Crippen LogP contribution in [0.5, 0.6) is 0 Å². The lowest BCUT2D eigenvalue weighted by Crippen LogP contribution is -2.46. The van der Waals surface area contributed by atoms with Gasteiger partial charge in [-0.3, -0.25) is 4.79 Å². The van der Waals surface area contributed by atoms with Crippen molar-refractivity contribution in [1.29, 1.82) is 0 Å². The van der Waals surface area contributed by atoms with Crippen LogP contribution in [0.25, 0.3) is 23.0 Å². The van der Waals surface area contributed by atoms with Crippen LogP contribution in [-0.4, -0.2) is 59.0 Å². The van der Waals surface area contributed by atoms with Crippen LogP contribution in [0.3, 0.4) is 0 Å². The molecule has 0 aliphatic carbocycles. The Kier molecular flexibility index (Phi) is 6.95. The number of halogens is 1. The van der Waals surface area contributed by atoms with E-state index in [-0.39, 0.29) is 24.4 Å². The number of amides is 1. The van der Waals surface area contributed by atoms with E-state index in [2.05, 4.69) is 5.10 Å². The van der Waals surface area contributed by atoms with Gasteiger partial charge < -0.3 is 14.4 Å². The van der Waals surface area contributed by atoms with Crippen LogP contribution < -0.4 is 0 Å². The number of aromatic nitrogens is 2. The Labute approximate surface area is 191 Å². The average Bonchev–Trinajstić information content (AvgIpc) is 3.26. The first-order valence-electron chi connectivity index (χ1n) is 10.6. The Morgan fingerprint density at radius 1 is 1.18 bits per heavy atom. The third-order valence-corrected chi connectivity index (χ3v) is 5.21. The minimum absolute atomic E-state index is 0.0377. The van der Waals surface area contributed by atoms with Crippen LogP contribution in [0.15, 0.2) is 66.9 Å². The lowest BCUT2D eigenvalue weighted by Gasteiger charge is -2.30. The van der Waals surface area contributed by atoms with Gasteiger partial charge in [0.15, 0.2) is 6.61 Å². The van der Waals surface area contributed by atoms with Crippen molar-refractivity contribution in [2.75, 3.05) is 26.3 Å². The molecule has 8 heteroatoms. The van der Waals surface area contributed by atoms with Gasteiger partial charge in [-0.15, -0.1) is 0 Å². The molecule has 170 valence electrons. The highest BCUT2D eigenvalue weighted by Crippen LogP contribution is 2.25. The van der Waals surface area contributed by atoms with E-state index in [0.717, 1.165) is 5.69 Å². The number of carbonyl (C=O) groups excluding carboxylic acids is 2. The summed E-state index contributed by atoms with van der Waals surface area (Å²) in [5.74, 6) is -1.24. The number of rotatable bonds is 6. The molecule has 1 atom stereocenters. The highest BCUT2D eigenvalue weighted by molar-refractivity contribution is 5.90.